The summed E-state index contributed by atoms with van der Waals surface area (Å²) in [5.74, 6) is 0.714. The van der Waals surface area contributed by atoms with Crippen LogP contribution in [0.15, 0.2) is 41.3 Å². The summed E-state index contributed by atoms with van der Waals surface area (Å²) in [4.78, 5) is 0.359. The van der Waals surface area contributed by atoms with Gasteiger partial charge in [-0.2, -0.15) is 0 Å². The van der Waals surface area contributed by atoms with E-state index in [4.69, 9.17) is 4.74 Å². The zero-order valence-corrected chi connectivity index (χ0v) is 16.4. The molecule has 5 heteroatoms. The Morgan fingerprint density at radius 1 is 1.08 bits per heavy atom. The van der Waals surface area contributed by atoms with Crippen LogP contribution < -0.4 is 9.46 Å². The van der Waals surface area contributed by atoms with Gasteiger partial charge in [-0.3, -0.25) is 0 Å². The number of ether oxygens (including phenoxy) is 1. The van der Waals surface area contributed by atoms with Crippen LogP contribution in [0.4, 0.5) is 0 Å². The number of hydrogen-bond acceptors (Lipinski definition) is 3. The second-order valence-electron chi connectivity index (χ2n) is 6.52. The number of nitrogens with one attached hydrogen (secondary N) is 1. The molecule has 0 heterocycles. The van der Waals surface area contributed by atoms with Gasteiger partial charge < -0.3 is 4.74 Å². The molecule has 2 aromatic carbocycles. The van der Waals surface area contributed by atoms with Gasteiger partial charge in [0.05, 0.1) is 12.0 Å². The minimum absolute atomic E-state index is 0.147. The SMILES string of the molecule is COc1cc(C)c(S(=O)(=O)NC(C)CCc2ccccc2)c(C)c1C. The van der Waals surface area contributed by atoms with E-state index in [1.165, 1.54) is 5.56 Å². The van der Waals surface area contributed by atoms with Gasteiger partial charge in [-0.15, -0.1) is 0 Å². The van der Waals surface area contributed by atoms with Crippen molar-refractivity contribution in [3.8, 4) is 5.75 Å². The zero-order valence-electron chi connectivity index (χ0n) is 15.6. The summed E-state index contributed by atoms with van der Waals surface area (Å²) in [6.45, 7) is 7.42. The fourth-order valence-electron chi connectivity index (χ4n) is 3.06. The van der Waals surface area contributed by atoms with Crippen molar-refractivity contribution in [2.75, 3.05) is 7.11 Å². The van der Waals surface area contributed by atoms with Crippen LogP contribution in [-0.2, 0) is 16.4 Å². The van der Waals surface area contributed by atoms with Crippen LogP contribution in [-0.4, -0.2) is 21.6 Å². The minimum atomic E-state index is -3.58. The molecule has 2 rings (SSSR count). The lowest BCUT2D eigenvalue weighted by atomic mass is 10.1. The van der Waals surface area contributed by atoms with Crippen molar-refractivity contribution in [1.29, 1.82) is 0 Å². The lowest BCUT2D eigenvalue weighted by Crippen LogP contribution is -2.34. The molecule has 0 bridgehead atoms. The first-order valence-corrected chi connectivity index (χ1v) is 9.95. The van der Waals surface area contributed by atoms with E-state index in [1.807, 2.05) is 39.0 Å². The maximum atomic E-state index is 12.9. The third-order valence-electron chi connectivity index (χ3n) is 4.53. The molecule has 0 radical (unpaired) electrons. The van der Waals surface area contributed by atoms with Crippen LogP contribution in [0.3, 0.4) is 0 Å². The number of rotatable bonds is 7. The Balaban J connectivity index is 2.17. The van der Waals surface area contributed by atoms with Crippen molar-refractivity contribution in [1.82, 2.24) is 4.72 Å². The summed E-state index contributed by atoms with van der Waals surface area (Å²) in [5, 5.41) is 0. The van der Waals surface area contributed by atoms with E-state index in [-0.39, 0.29) is 6.04 Å². The molecule has 0 aliphatic carbocycles. The fourth-order valence-corrected chi connectivity index (χ4v) is 4.86. The highest BCUT2D eigenvalue weighted by Crippen LogP contribution is 2.30. The summed E-state index contributed by atoms with van der Waals surface area (Å²) >= 11 is 0. The van der Waals surface area contributed by atoms with Crippen LogP contribution in [0.5, 0.6) is 5.75 Å². The Labute approximate surface area is 151 Å². The molecule has 136 valence electrons. The van der Waals surface area contributed by atoms with Crippen LogP contribution >= 0.6 is 0 Å². The highest BCUT2D eigenvalue weighted by atomic mass is 32.2. The maximum Gasteiger partial charge on any atom is 0.241 e. The normalized spacial score (nSPS) is 12.8. The van der Waals surface area contributed by atoms with Gasteiger partial charge in [0.1, 0.15) is 5.75 Å². The topological polar surface area (TPSA) is 55.4 Å². The van der Waals surface area contributed by atoms with Gasteiger partial charge in [-0.1, -0.05) is 30.3 Å². The smallest absolute Gasteiger partial charge is 0.241 e. The average molecular weight is 362 g/mol. The molecule has 1 unspecified atom stereocenters. The van der Waals surface area contributed by atoms with Crippen LogP contribution in [0, 0.1) is 20.8 Å². The Hall–Kier alpha value is -1.85. The van der Waals surface area contributed by atoms with Crippen LogP contribution in [0.2, 0.25) is 0 Å². The molecule has 0 fully saturated rings. The molecule has 0 saturated heterocycles. The van der Waals surface area contributed by atoms with E-state index in [0.717, 1.165) is 24.0 Å². The van der Waals surface area contributed by atoms with Crippen molar-refractivity contribution in [2.45, 2.75) is 51.5 Å². The molecule has 1 atom stereocenters. The molecule has 0 saturated carbocycles. The van der Waals surface area contributed by atoms with Crippen molar-refractivity contribution in [2.24, 2.45) is 0 Å². The van der Waals surface area contributed by atoms with Gasteiger partial charge in [0.15, 0.2) is 0 Å². The van der Waals surface area contributed by atoms with Crippen LogP contribution in [0.25, 0.3) is 0 Å². The molecule has 0 spiro atoms. The third-order valence-corrected chi connectivity index (χ3v) is 6.41. The van der Waals surface area contributed by atoms with E-state index in [2.05, 4.69) is 16.9 Å². The molecular formula is C20H27NO3S. The molecule has 0 amide bonds. The Kier molecular flexibility index (Phi) is 6.25. The van der Waals surface area contributed by atoms with Crippen molar-refractivity contribution in [3.63, 3.8) is 0 Å². The number of benzene rings is 2. The number of methoxy groups -OCH3 is 1. The lowest BCUT2D eigenvalue weighted by Gasteiger charge is -2.19. The molecule has 1 N–H and O–H groups in total. The van der Waals surface area contributed by atoms with Gasteiger partial charge in [0.25, 0.3) is 0 Å². The highest BCUT2D eigenvalue weighted by molar-refractivity contribution is 7.89. The summed E-state index contributed by atoms with van der Waals surface area (Å²) < 4.78 is 33.9. The predicted molar refractivity (Wildman–Crippen MR) is 102 cm³/mol. The van der Waals surface area contributed by atoms with Gasteiger partial charge in [-0.25, -0.2) is 13.1 Å². The van der Waals surface area contributed by atoms with Crippen LogP contribution in [0.1, 0.15) is 35.6 Å². The summed E-state index contributed by atoms with van der Waals surface area (Å²) in [6.07, 6.45) is 1.58. The second kappa shape index (κ2) is 8.02. The van der Waals surface area contributed by atoms with E-state index >= 15 is 0 Å². The average Bonchev–Trinajstić information content (AvgIpc) is 2.56. The first-order chi connectivity index (χ1) is 11.8. The fraction of sp³-hybridized carbons (Fsp3) is 0.400. The number of hydrogen-bond donors (Lipinski definition) is 1. The Morgan fingerprint density at radius 3 is 2.32 bits per heavy atom. The second-order valence-corrected chi connectivity index (χ2v) is 8.17. The summed E-state index contributed by atoms with van der Waals surface area (Å²) in [7, 11) is -1.98. The Bertz CT molecular complexity index is 830. The van der Waals surface area contributed by atoms with Crippen molar-refractivity contribution < 1.29 is 13.2 Å². The van der Waals surface area contributed by atoms with E-state index < -0.39 is 10.0 Å². The minimum Gasteiger partial charge on any atom is -0.496 e. The Morgan fingerprint density at radius 2 is 1.72 bits per heavy atom. The molecule has 0 aliphatic heterocycles. The maximum absolute atomic E-state index is 12.9. The largest absolute Gasteiger partial charge is 0.496 e. The number of aryl methyl sites for hydroxylation is 2. The van der Waals surface area contributed by atoms with Gasteiger partial charge in [0, 0.05) is 6.04 Å². The summed E-state index contributed by atoms with van der Waals surface area (Å²) in [6, 6.07) is 11.7. The first-order valence-electron chi connectivity index (χ1n) is 8.47. The van der Waals surface area contributed by atoms with Gasteiger partial charge >= 0.3 is 0 Å². The molecule has 2 aromatic rings. The molecule has 0 aromatic heterocycles. The molecule has 4 nitrogen and oxygen atoms in total. The van der Waals surface area contributed by atoms with E-state index in [1.54, 1.807) is 20.1 Å². The number of sulfonamides is 1. The third kappa shape index (κ3) is 4.61. The lowest BCUT2D eigenvalue weighted by molar-refractivity contribution is 0.410. The van der Waals surface area contributed by atoms with Gasteiger partial charge in [0.2, 0.25) is 10.0 Å². The predicted octanol–water partition coefficient (Wildman–Crippen LogP) is 3.92. The first kappa shape index (κ1) is 19.5. The van der Waals surface area contributed by atoms with E-state index in [0.29, 0.717) is 16.2 Å². The zero-order chi connectivity index (χ0) is 18.6. The van der Waals surface area contributed by atoms with E-state index in [9.17, 15) is 8.42 Å². The monoisotopic (exact) mass is 361 g/mol. The highest BCUT2D eigenvalue weighted by Gasteiger charge is 2.24. The molecule has 0 aliphatic rings. The molecular weight excluding hydrogens is 334 g/mol. The molecule has 25 heavy (non-hydrogen) atoms. The quantitative estimate of drug-likeness (QED) is 0.813. The van der Waals surface area contributed by atoms with Gasteiger partial charge in [-0.05, 0) is 68.9 Å². The summed E-state index contributed by atoms with van der Waals surface area (Å²) in [5.41, 5.74) is 3.49. The van der Waals surface area contributed by atoms with Crippen molar-refractivity contribution >= 4 is 10.0 Å². The van der Waals surface area contributed by atoms with Crippen molar-refractivity contribution in [3.05, 3.63) is 58.7 Å². The standard InChI is InChI=1S/C20H27NO3S/c1-14-13-19(24-5)16(3)17(4)20(14)25(22,23)21-15(2)11-12-18-9-7-6-8-10-18/h6-10,13,15,21H,11-12H2,1-5H3.